The van der Waals surface area contributed by atoms with Crippen LogP contribution in [0.25, 0.3) is 0 Å². The highest BCUT2D eigenvalue weighted by atomic mass is 15.3. The van der Waals surface area contributed by atoms with Crippen molar-refractivity contribution in [2.24, 2.45) is 22.0 Å². The molecule has 0 saturated heterocycles. The second-order valence-corrected chi connectivity index (χ2v) is 7.16. The molecule has 4 rings (SSSR count). The van der Waals surface area contributed by atoms with Crippen LogP contribution in [0.5, 0.6) is 0 Å². The Morgan fingerprint density at radius 3 is 1.46 bits per heavy atom. The van der Waals surface area contributed by atoms with Crippen molar-refractivity contribution in [3.8, 4) is 0 Å². The van der Waals surface area contributed by atoms with Gasteiger partial charge in [-0.25, -0.2) is 0 Å². The number of hydrazone groups is 2. The maximum Gasteiger partial charge on any atom is 0.0561 e. The highest BCUT2D eigenvalue weighted by molar-refractivity contribution is 5.97. The average molecular weight is 346 g/mol. The van der Waals surface area contributed by atoms with Crippen LogP contribution in [0.15, 0.2) is 70.9 Å². The van der Waals surface area contributed by atoms with Crippen LogP contribution >= 0.6 is 0 Å². The number of nitrogens with one attached hydrogen (secondary N) is 2. The molecule has 2 atom stereocenters. The lowest BCUT2D eigenvalue weighted by molar-refractivity contribution is 0.385. The third-order valence-corrected chi connectivity index (χ3v) is 5.44. The lowest BCUT2D eigenvalue weighted by atomic mass is 9.69. The lowest BCUT2D eigenvalue weighted by Crippen LogP contribution is -2.37. The van der Waals surface area contributed by atoms with E-state index < -0.39 is 0 Å². The maximum atomic E-state index is 4.78. The molecule has 2 saturated carbocycles. The molecular formula is C22H26N4. The number of benzene rings is 2. The van der Waals surface area contributed by atoms with Gasteiger partial charge in [0.15, 0.2) is 0 Å². The molecule has 0 amide bonds. The number of fused-ring (bicyclic) bond motifs is 1. The molecular weight excluding hydrogens is 320 g/mol. The topological polar surface area (TPSA) is 48.8 Å². The van der Waals surface area contributed by atoms with Gasteiger partial charge in [0.2, 0.25) is 0 Å². The van der Waals surface area contributed by atoms with Gasteiger partial charge < -0.3 is 0 Å². The number of para-hydroxylation sites is 2. The molecule has 2 aromatic rings. The summed E-state index contributed by atoms with van der Waals surface area (Å²) in [6, 6.07) is 20.4. The van der Waals surface area contributed by atoms with E-state index >= 15 is 0 Å². The standard InChI is InChI=1S/C22H26N4/c1-3-9-17(10-4-1)23-25-21-15-7-14-20-19(21)13-8-16-22(20)26-24-18-11-5-2-6-12-18/h1-6,9-12,19-20,23-24H,7-8,13-16H2. The molecule has 2 aromatic carbocycles. The second-order valence-electron chi connectivity index (χ2n) is 7.16. The molecule has 0 heterocycles. The van der Waals surface area contributed by atoms with Crippen LogP contribution in [0.2, 0.25) is 0 Å². The van der Waals surface area contributed by atoms with Gasteiger partial charge in [0.05, 0.1) is 11.4 Å². The first-order chi connectivity index (χ1) is 12.9. The van der Waals surface area contributed by atoms with Gasteiger partial charge in [-0.15, -0.1) is 0 Å². The predicted octanol–water partition coefficient (Wildman–Crippen LogP) is 5.52. The highest BCUT2D eigenvalue weighted by Crippen LogP contribution is 2.38. The van der Waals surface area contributed by atoms with Gasteiger partial charge in [-0.3, -0.25) is 10.9 Å². The molecule has 2 aliphatic carbocycles. The van der Waals surface area contributed by atoms with Crippen molar-refractivity contribution in [2.75, 3.05) is 10.9 Å². The van der Waals surface area contributed by atoms with Crippen molar-refractivity contribution in [1.29, 1.82) is 0 Å². The van der Waals surface area contributed by atoms with Crippen molar-refractivity contribution in [1.82, 2.24) is 0 Å². The van der Waals surface area contributed by atoms with Crippen molar-refractivity contribution in [3.63, 3.8) is 0 Å². The van der Waals surface area contributed by atoms with Crippen LogP contribution in [0.4, 0.5) is 11.4 Å². The van der Waals surface area contributed by atoms with Gasteiger partial charge in [-0.05, 0) is 62.8 Å². The van der Waals surface area contributed by atoms with Crippen molar-refractivity contribution in [3.05, 3.63) is 60.7 Å². The summed E-state index contributed by atoms with van der Waals surface area (Å²) >= 11 is 0. The van der Waals surface area contributed by atoms with E-state index in [1.165, 1.54) is 37.1 Å². The van der Waals surface area contributed by atoms with Crippen molar-refractivity contribution >= 4 is 22.8 Å². The summed E-state index contributed by atoms with van der Waals surface area (Å²) in [6.07, 6.45) is 7.04. The van der Waals surface area contributed by atoms with Crippen molar-refractivity contribution < 1.29 is 0 Å². The summed E-state index contributed by atoms with van der Waals surface area (Å²) < 4.78 is 0. The van der Waals surface area contributed by atoms with E-state index in [0.717, 1.165) is 24.2 Å². The molecule has 0 aliphatic heterocycles. The largest absolute Gasteiger partial charge is 0.279 e. The van der Waals surface area contributed by atoms with Gasteiger partial charge in [0, 0.05) is 23.3 Å². The molecule has 2 unspecified atom stereocenters. The third-order valence-electron chi connectivity index (χ3n) is 5.44. The van der Waals surface area contributed by atoms with E-state index in [-0.39, 0.29) is 0 Å². The van der Waals surface area contributed by atoms with E-state index in [1.807, 2.05) is 36.4 Å². The minimum absolute atomic E-state index is 0.532. The molecule has 0 aromatic heterocycles. The molecule has 4 nitrogen and oxygen atoms in total. The fourth-order valence-electron chi connectivity index (χ4n) is 4.15. The normalized spacial score (nSPS) is 25.7. The van der Waals surface area contributed by atoms with Gasteiger partial charge >= 0.3 is 0 Å². The molecule has 2 N–H and O–H groups in total. The van der Waals surface area contributed by atoms with Crippen LogP contribution in [0.1, 0.15) is 38.5 Å². The Labute approximate surface area is 155 Å². The van der Waals surface area contributed by atoms with Gasteiger partial charge in [-0.1, -0.05) is 36.4 Å². The Kier molecular flexibility index (Phi) is 5.29. The highest BCUT2D eigenvalue weighted by Gasteiger charge is 2.36. The smallest absolute Gasteiger partial charge is 0.0561 e. The van der Waals surface area contributed by atoms with Crippen LogP contribution in [0.3, 0.4) is 0 Å². The molecule has 0 radical (unpaired) electrons. The van der Waals surface area contributed by atoms with Gasteiger partial charge in [-0.2, -0.15) is 10.2 Å². The zero-order valence-electron chi connectivity index (χ0n) is 15.1. The number of anilines is 2. The summed E-state index contributed by atoms with van der Waals surface area (Å²) in [5, 5.41) is 9.56. The molecule has 4 heteroatoms. The Balaban J connectivity index is 1.48. The molecule has 0 bridgehead atoms. The fraction of sp³-hybridized carbons (Fsp3) is 0.364. The van der Waals surface area contributed by atoms with Crippen LogP contribution in [0, 0.1) is 11.8 Å². The van der Waals surface area contributed by atoms with Gasteiger partial charge in [0.25, 0.3) is 0 Å². The number of hydrogen-bond acceptors (Lipinski definition) is 4. The average Bonchev–Trinajstić information content (AvgIpc) is 2.72. The van der Waals surface area contributed by atoms with E-state index in [4.69, 9.17) is 10.2 Å². The monoisotopic (exact) mass is 346 g/mol. The molecule has 26 heavy (non-hydrogen) atoms. The molecule has 2 fully saturated rings. The van der Waals surface area contributed by atoms with Gasteiger partial charge in [0.1, 0.15) is 0 Å². The molecule has 2 aliphatic rings. The minimum Gasteiger partial charge on any atom is -0.279 e. The predicted molar refractivity (Wildman–Crippen MR) is 110 cm³/mol. The van der Waals surface area contributed by atoms with Crippen LogP contribution in [-0.4, -0.2) is 11.4 Å². The summed E-state index contributed by atoms with van der Waals surface area (Å²) in [5.74, 6) is 1.06. The SMILES string of the molecule is c1ccc(NN=C2CCCC3C(=NNc4ccccc4)CCCC23)cc1. The minimum atomic E-state index is 0.532. The van der Waals surface area contributed by atoms with E-state index in [0.29, 0.717) is 11.8 Å². The van der Waals surface area contributed by atoms with E-state index in [1.54, 1.807) is 0 Å². The van der Waals surface area contributed by atoms with E-state index in [9.17, 15) is 0 Å². The summed E-state index contributed by atoms with van der Waals surface area (Å²) in [6.45, 7) is 0. The Morgan fingerprint density at radius 2 is 1.04 bits per heavy atom. The fourth-order valence-corrected chi connectivity index (χ4v) is 4.15. The number of hydrogen-bond donors (Lipinski definition) is 2. The first-order valence-corrected chi connectivity index (χ1v) is 9.65. The quantitative estimate of drug-likeness (QED) is 0.716. The zero-order valence-corrected chi connectivity index (χ0v) is 15.1. The summed E-state index contributed by atoms with van der Waals surface area (Å²) in [5.41, 5.74) is 11.2. The Morgan fingerprint density at radius 1 is 0.615 bits per heavy atom. The zero-order chi connectivity index (χ0) is 17.6. The number of rotatable bonds is 4. The first kappa shape index (κ1) is 16.8. The number of nitrogens with zero attached hydrogens (tertiary/aromatic N) is 2. The molecule has 134 valence electrons. The second kappa shape index (κ2) is 8.17. The van der Waals surface area contributed by atoms with Crippen LogP contribution in [-0.2, 0) is 0 Å². The Hall–Kier alpha value is -2.62. The molecule has 0 spiro atoms. The maximum absolute atomic E-state index is 4.78. The summed E-state index contributed by atoms with van der Waals surface area (Å²) in [7, 11) is 0. The lowest BCUT2D eigenvalue weighted by Gasteiger charge is -2.37. The third kappa shape index (κ3) is 3.96. The van der Waals surface area contributed by atoms with E-state index in [2.05, 4.69) is 35.1 Å². The first-order valence-electron chi connectivity index (χ1n) is 9.65. The van der Waals surface area contributed by atoms with Crippen molar-refractivity contribution in [2.45, 2.75) is 38.5 Å². The van der Waals surface area contributed by atoms with Crippen LogP contribution < -0.4 is 10.9 Å². The summed E-state index contributed by atoms with van der Waals surface area (Å²) in [4.78, 5) is 0. The Bertz CT molecular complexity index is 700.